The van der Waals surface area contributed by atoms with E-state index in [1.165, 1.54) is 32.1 Å². The molecule has 0 aromatic rings. The highest BCUT2D eigenvalue weighted by Crippen LogP contribution is 2.12. The quantitative estimate of drug-likeness (QED) is 0.493. The third kappa shape index (κ3) is 6.12. The Kier molecular flexibility index (Phi) is 7.11. The molecular formula is C10H21. The summed E-state index contributed by atoms with van der Waals surface area (Å²) in [6.07, 6.45) is 7.97. The van der Waals surface area contributed by atoms with Crippen molar-refractivity contribution in [1.82, 2.24) is 0 Å². The summed E-state index contributed by atoms with van der Waals surface area (Å²) >= 11 is 0. The molecule has 0 aliphatic heterocycles. The average Bonchev–Trinajstić information content (AvgIpc) is 1.98. The second-order valence-corrected chi connectivity index (χ2v) is 3.22. The molecule has 0 unspecified atom stereocenters. The summed E-state index contributed by atoms with van der Waals surface area (Å²) in [5.74, 6) is 0.935. The van der Waals surface area contributed by atoms with Gasteiger partial charge in [0.25, 0.3) is 0 Å². The normalized spacial score (nSPS) is 13.5. The van der Waals surface area contributed by atoms with E-state index in [0.29, 0.717) is 0 Å². The predicted octanol–water partition coefficient (Wildman–Crippen LogP) is 3.82. The van der Waals surface area contributed by atoms with E-state index in [1.807, 2.05) is 0 Å². The molecule has 0 saturated heterocycles. The molecular weight excluding hydrogens is 120 g/mol. The van der Waals surface area contributed by atoms with Gasteiger partial charge < -0.3 is 0 Å². The second kappa shape index (κ2) is 7.11. The third-order valence-electron chi connectivity index (χ3n) is 2.14. The molecule has 0 amide bonds. The first kappa shape index (κ1) is 10.0. The maximum atomic E-state index is 3.82. The smallest absolute Gasteiger partial charge is 0.0445 e. The van der Waals surface area contributed by atoms with Gasteiger partial charge in [0.2, 0.25) is 0 Å². The van der Waals surface area contributed by atoms with Crippen molar-refractivity contribution in [2.24, 2.45) is 5.92 Å². The van der Waals surface area contributed by atoms with Crippen LogP contribution in [0.4, 0.5) is 0 Å². The van der Waals surface area contributed by atoms with Gasteiger partial charge in [0.1, 0.15) is 0 Å². The van der Waals surface area contributed by atoms with E-state index in [1.54, 1.807) is 0 Å². The van der Waals surface area contributed by atoms with Crippen molar-refractivity contribution in [1.29, 1.82) is 0 Å². The minimum atomic E-state index is 0.935. The molecule has 0 spiro atoms. The van der Waals surface area contributed by atoms with Gasteiger partial charge in [0.15, 0.2) is 0 Å². The summed E-state index contributed by atoms with van der Waals surface area (Å²) in [5.41, 5.74) is 0. The summed E-state index contributed by atoms with van der Waals surface area (Å²) < 4.78 is 0. The van der Waals surface area contributed by atoms with Gasteiger partial charge in [-0.05, 0) is 5.92 Å². The molecule has 0 aliphatic carbocycles. The van der Waals surface area contributed by atoms with Crippen molar-refractivity contribution in [2.45, 2.75) is 52.4 Å². The number of hydrogen-bond donors (Lipinski definition) is 0. The molecule has 1 atom stereocenters. The molecule has 0 aromatic heterocycles. The summed E-state index contributed by atoms with van der Waals surface area (Å²) in [5, 5.41) is 0. The van der Waals surface area contributed by atoms with Crippen LogP contribution in [0.1, 0.15) is 52.4 Å². The van der Waals surface area contributed by atoms with E-state index in [2.05, 4.69) is 20.8 Å². The van der Waals surface area contributed by atoms with Gasteiger partial charge in [0, 0.05) is 0 Å². The average molecular weight is 141 g/mol. The Labute approximate surface area is 66.0 Å². The van der Waals surface area contributed by atoms with Crippen molar-refractivity contribution >= 4 is 0 Å². The zero-order valence-electron chi connectivity index (χ0n) is 7.53. The Hall–Kier alpha value is 0. The summed E-state index contributed by atoms with van der Waals surface area (Å²) in [6, 6.07) is 0. The Morgan fingerprint density at radius 1 is 1.20 bits per heavy atom. The molecule has 0 aliphatic rings. The largest absolute Gasteiger partial charge is 0.0651 e. The lowest BCUT2D eigenvalue weighted by atomic mass is 10.0. The van der Waals surface area contributed by atoms with Crippen LogP contribution < -0.4 is 0 Å². The van der Waals surface area contributed by atoms with Gasteiger partial charge in [-0.15, -0.1) is 0 Å². The highest BCUT2D eigenvalue weighted by atomic mass is 14.0. The van der Waals surface area contributed by atoms with Crippen molar-refractivity contribution < 1.29 is 0 Å². The Balaban J connectivity index is 2.89. The fourth-order valence-electron chi connectivity index (χ4n) is 1.05. The summed E-state index contributed by atoms with van der Waals surface area (Å²) in [7, 11) is 0. The van der Waals surface area contributed by atoms with Gasteiger partial charge in [-0.2, -0.15) is 0 Å². The highest BCUT2D eigenvalue weighted by Gasteiger charge is 1.96. The summed E-state index contributed by atoms with van der Waals surface area (Å²) in [4.78, 5) is 0. The van der Waals surface area contributed by atoms with E-state index in [-0.39, 0.29) is 0 Å². The SMILES string of the molecule is [CH2]CCCCC[C@@H](C)CC. The van der Waals surface area contributed by atoms with E-state index >= 15 is 0 Å². The molecule has 61 valence electrons. The predicted molar refractivity (Wildman–Crippen MR) is 47.9 cm³/mol. The van der Waals surface area contributed by atoms with E-state index < -0.39 is 0 Å². The Morgan fingerprint density at radius 3 is 2.40 bits per heavy atom. The minimum Gasteiger partial charge on any atom is -0.0651 e. The maximum Gasteiger partial charge on any atom is -0.0445 e. The molecule has 0 aromatic carbocycles. The lowest BCUT2D eigenvalue weighted by molar-refractivity contribution is 0.479. The second-order valence-electron chi connectivity index (χ2n) is 3.22. The van der Waals surface area contributed by atoms with Crippen molar-refractivity contribution in [3.63, 3.8) is 0 Å². The molecule has 0 rings (SSSR count). The molecule has 1 radical (unpaired) electrons. The minimum absolute atomic E-state index is 0.935. The Bertz CT molecular complexity index is 57.1. The van der Waals surface area contributed by atoms with Crippen molar-refractivity contribution in [2.75, 3.05) is 0 Å². The number of unbranched alkanes of at least 4 members (excludes halogenated alkanes) is 3. The topological polar surface area (TPSA) is 0 Å². The monoisotopic (exact) mass is 141 g/mol. The standard InChI is InChI=1S/C10H21/c1-4-6-7-8-9-10(3)5-2/h10H,1,4-9H2,2-3H3/t10-/m0/s1. The van der Waals surface area contributed by atoms with Crippen LogP contribution in [0, 0.1) is 12.8 Å². The van der Waals surface area contributed by atoms with Gasteiger partial charge in [-0.25, -0.2) is 0 Å². The first-order valence-electron chi connectivity index (χ1n) is 4.60. The molecule has 0 heteroatoms. The van der Waals surface area contributed by atoms with Crippen molar-refractivity contribution in [3.8, 4) is 0 Å². The highest BCUT2D eigenvalue weighted by molar-refractivity contribution is 4.51. The fraction of sp³-hybridized carbons (Fsp3) is 0.900. The van der Waals surface area contributed by atoms with Crippen LogP contribution in [0.3, 0.4) is 0 Å². The van der Waals surface area contributed by atoms with E-state index in [4.69, 9.17) is 0 Å². The first-order chi connectivity index (χ1) is 4.81. The van der Waals surface area contributed by atoms with Crippen LogP contribution in [-0.2, 0) is 0 Å². The fourth-order valence-corrected chi connectivity index (χ4v) is 1.05. The van der Waals surface area contributed by atoms with Gasteiger partial charge in [-0.1, -0.05) is 59.3 Å². The third-order valence-corrected chi connectivity index (χ3v) is 2.14. The van der Waals surface area contributed by atoms with Crippen LogP contribution in [0.5, 0.6) is 0 Å². The molecule has 0 fully saturated rings. The molecule has 10 heavy (non-hydrogen) atoms. The molecule has 0 heterocycles. The van der Waals surface area contributed by atoms with Crippen LogP contribution in [0.25, 0.3) is 0 Å². The first-order valence-corrected chi connectivity index (χ1v) is 4.60. The van der Waals surface area contributed by atoms with Crippen LogP contribution in [0.2, 0.25) is 0 Å². The lowest BCUT2D eigenvalue weighted by Crippen LogP contribution is -1.91. The lowest BCUT2D eigenvalue weighted by Gasteiger charge is -2.06. The Morgan fingerprint density at radius 2 is 1.90 bits per heavy atom. The van der Waals surface area contributed by atoms with Crippen LogP contribution in [0.15, 0.2) is 0 Å². The zero-order chi connectivity index (χ0) is 7.82. The molecule has 0 nitrogen and oxygen atoms in total. The maximum absolute atomic E-state index is 3.82. The number of rotatable bonds is 6. The van der Waals surface area contributed by atoms with Gasteiger partial charge in [-0.3, -0.25) is 0 Å². The van der Waals surface area contributed by atoms with E-state index in [0.717, 1.165) is 12.3 Å². The van der Waals surface area contributed by atoms with Crippen LogP contribution >= 0.6 is 0 Å². The van der Waals surface area contributed by atoms with Gasteiger partial charge in [0.05, 0.1) is 0 Å². The van der Waals surface area contributed by atoms with Crippen LogP contribution in [-0.4, -0.2) is 0 Å². The van der Waals surface area contributed by atoms with Crippen molar-refractivity contribution in [3.05, 3.63) is 6.92 Å². The molecule has 0 N–H and O–H groups in total. The molecule has 0 saturated carbocycles. The van der Waals surface area contributed by atoms with Gasteiger partial charge >= 0.3 is 0 Å². The van der Waals surface area contributed by atoms with E-state index in [9.17, 15) is 0 Å². The molecule has 0 bridgehead atoms. The summed E-state index contributed by atoms with van der Waals surface area (Å²) in [6.45, 7) is 8.43. The zero-order valence-corrected chi connectivity index (χ0v) is 7.53. The number of hydrogen-bond acceptors (Lipinski definition) is 0.